The van der Waals surface area contributed by atoms with Gasteiger partial charge in [0.2, 0.25) is 13.2 Å². The minimum atomic E-state index is -0.836. The van der Waals surface area contributed by atoms with Gasteiger partial charge in [-0.3, -0.25) is 14.5 Å². The Balaban J connectivity index is 0.00000116. The number of nitrogens with zero attached hydrogens (tertiary/aromatic N) is 3. The summed E-state index contributed by atoms with van der Waals surface area (Å²) in [6.07, 6.45) is 0.00959. The van der Waals surface area contributed by atoms with E-state index in [1.165, 1.54) is 9.80 Å². The van der Waals surface area contributed by atoms with Gasteiger partial charge in [-0.1, -0.05) is 29.8 Å². The Labute approximate surface area is 293 Å². The number of fused-ring (bicyclic) bond motifs is 1. The summed E-state index contributed by atoms with van der Waals surface area (Å²) in [4.78, 5) is 51.6. The normalized spacial score (nSPS) is 11.6. The van der Waals surface area contributed by atoms with Crippen molar-refractivity contribution in [1.82, 2.24) is 14.4 Å². The van der Waals surface area contributed by atoms with Crippen LogP contribution >= 0.6 is 27.5 Å². The van der Waals surface area contributed by atoms with Gasteiger partial charge in [0.05, 0.1) is 41.2 Å². The number of carbonyl (C=O) groups excluding carboxylic acids is 4. The lowest BCUT2D eigenvalue weighted by atomic mass is 10.1. The first-order chi connectivity index (χ1) is 22.7. The van der Waals surface area contributed by atoms with Gasteiger partial charge in [-0.2, -0.15) is 0 Å². The maximum atomic E-state index is 13.5. The lowest BCUT2D eigenvalue weighted by molar-refractivity contribution is -0.144. The summed E-state index contributed by atoms with van der Waals surface area (Å²) in [5.41, 5.74) is 2.04. The van der Waals surface area contributed by atoms with E-state index in [1.54, 1.807) is 60.8 Å². The predicted octanol–water partition coefficient (Wildman–Crippen LogP) is 6.53. The molecule has 48 heavy (non-hydrogen) atoms. The number of rotatable bonds is 11. The van der Waals surface area contributed by atoms with E-state index in [4.69, 9.17) is 35.3 Å². The molecular weight excluding hydrogens is 710 g/mol. The molecule has 2 amide bonds. The van der Waals surface area contributed by atoms with E-state index in [0.29, 0.717) is 32.4 Å². The van der Waals surface area contributed by atoms with Crippen molar-refractivity contribution in [3.05, 3.63) is 68.8 Å². The first-order valence-corrected chi connectivity index (χ1v) is 16.3. The molecule has 260 valence electrons. The van der Waals surface area contributed by atoms with Crippen LogP contribution in [0.15, 0.2) is 46.9 Å². The SMILES string of the molecule is CCOC(=O)CN(Cc1c(C(=O)OCC)c(Br)c(-c2ccc(Cl)cc2)n1Cc1ccc2c(c1)OCO2)C(=O)OC(C)(C)C.CN(C)C=O. The second-order valence-corrected chi connectivity index (χ2v) is 12.9. The van der Waals surface area contributed by atoms with Gasteiger partial charge in [-0.25, -0.2) is 9.59 Å². The molecule has 0 bridgehead atoms. The third kappa shape index (κ3) is 10.4. The lowest BCUT2D eigenvalue weighted by Gasteiger charge is -2.27. The zero-order chi connectivity index (χ0) is 35.6. The monoisotopic (exact) mass is 749 g/mol. The first kappa shape index (κ1) is 38.2. The Hall–Kier alpha value is -4.23. The van der Waals surface area contributed by atoms with E-state index < -0.39 is 30.2 Å². The molecular formula is C34H41BrClN3O9. The zero-order valence-electron chi connectivity index (χ0n) is 28.1. The number of ether oxygens (including phenoxy) is 5. The van der Waals surface area contributed by atoms with E-state index >= 15 is 0 Å². The summed E-state index contributed by atoms with van der Waals surface area (Å²) >= 11 is 9.87. The van der Waals surface area contributed by atoms with Gasteiger partial charge in [0.25, 0.3) is 0 Å². The molecule has 3 aromatic rings. The Bertz CT molecular complexity index is 1600. The van der Waals surface area contributed by atoms with Gasteiger partial charge in [0.1, 0.15) is 12.1 Å². The van der Waals surface area contributed by atoms with Gasteiger partial charge in [0.15, 0.2) is 11.5 Å². The van der Waals surface area contributed by atoms with Crippen LogP contribution in [0.3, 0.4) is 0 Å². The van der Waals surface area contributed by atoms with Crippen LogP contribution in [-0.2, 0) is 36.9 Å². The molecule has 0 saturated heterocycles. The van der Waals surface area contributed by atoms with Gasteiger partial charge < -0.3 is 33.2 Å². The minimum Gasteiger partial charge on any atom is -0.465 e. The molecule has 0 spiro atoms. The van der Waals surface area contributed by atoms with Crippen LogP contribution in [-0.4, -0.2) is 85.1 Å². The van der Waals surface area contributed by atoms with Crippen LogP contribution in [0.4, 0.5) is 4.79 Å². The topological polar surface area (TPSA) is 126 Å². The van der Waals surface area contributed by atoms with Gasteiger partial charge >= 0.3 is 18.0 Å². The van der Waals surface area contributed by atoms with Crippen molar-refractivity contribution in [2.24, 2.45) is 0 Å². The summed E-state index contributed by atoms with van der Waals surface area (Å²) in [6, 6.07) is 12.7. The molecule has 1 aliphatic rings. The first-order valence-electron chi connectivity index (χ1n) is 15.2. The van der Waals surface area contributed by atoms with E-state index in [-0.39, 0.29) is 38.7 Å². The number of hydrogen-bond donors (Lipinski definition) is 0. The summed E-state index contributed by atoms with van der Waals surface area (Å²) in [5.74, 6) is 0.0242. The summed E-state index contributed by atoms with van der Waals surface area (Å²) in [6.45, 7) is 8.69. The van der Waals surface area contributed by atoms with Crippen LogP contribution in [0.1, 0.15) is 56.2 Å². The molecule has 0 fully saturated rings. The Kier molecular flexibility index (Phi) is 13.7. The van der Waals surface area contributed by atoms with Crippen LogP contribution in [0.5, 0.6) is 11.5 Å². The quantitative estimate of drug-likeness (QED) is 0.122. The number of hydrogen-bond acceptors (Lipinski definition) is 9. The fraction of sp³-hybridized carbons (Fsp3) is 0.412. The van der Waals surface area contributed by atoms with E-state index in [9.17, 15) is 19.2 Å². The highest BCUT2D eigenvalue weighted by molar-refractivity contribution is 9.10. The number of esters is 2. The van der Waals surface area contributed by atoms with E-state index in [2.05, 4.69) is 15.9 Å². The zero-order valence-corrected chi connectivity index (χ0v) is 30.5. The van der Waals surface area contributed by atoms with Crippen LogP contribution in [0.2, 0.25) is 5.02 Å². The third-order valence-corrected chi connectivity index (χ3v) is 7.54. The molecule has 0 atom stereocenters. The van der Waals surface area contributed by atoms with Gasteiger partial charge in [0, 0.05) is 25.7 Å². The summed E-state index contributed by atoms with van der Waals surface area (Å²) < 4.78 is 29.7. The summed E-state index contributed by atoms with van der Waals surface area (Å²) in [7, 11) is 3.38. The average Bonchev–Trinajstić information content (AvgIpc) is 3.58. The van der Waals surface area contributed by atoms with E-state index in [0.717, 1.165) is 17.5 Å². The van der Waals surface area contributed by atoms with Crippen LogP contribution < -0.4 is 9.47 Å². The fourth-order valence-corrected chi connectivity index (χ4v) is 5.51. The lowest BCUT2D eigenvalue weighted by Crippen LogP contribution is -2.40. The van der Waals surface area contributed by atoms with Crippen molar-refractivity contribution < 1.29 is 42.9 Å². The molecule has 0 radical (unpaired) electrons. The Morgan fingerprint density at radius 3 is 2.21 bits per heavy atom. The molecule has 1 aromatic heterocycles. The highest BCUT2D eigenvalue weighted by Gasteiger charge is 2.33. The standard InChI is InChI=1S/C31H34BrClN2O8.C3H7NO/c1-6-39-25(36)17-34(30(38)43-31(3,4)5)16-22-26(29(37)40-7-2)27(32)28(20-9-11-21(33)12-10-20)35(22)15-19-8-13-23-24(14-19)42-18-41-23;1-4(2)3-5/h8-14H,6-7,15-18H2,1-5H3;3H,1-2H3. The maximum Gasteiger partial charge on any atom is 0.411 e. The molecule has 14 heteroatoms. The molecule has 0 saturated carbocycles. The van der Waals surface area contributed by atoms with E-state index in [1.807, 2.05) is 34.9 Å². The molecule has 12 nitrogen and oxygen atoms in total. The highest BCUT2D eigenvalue weighted by Crippen LogP contribution is 2.40. The number of aromatic nitrogens is 1. The van der Waals surface area contributed by atoms with Gasteiger partial charge in [-0.15, -0.1) is 0 Å². The third-order valence-electron chi connectivity index (χ3n) is 6.52. The van der Waals surface area contributed by atoms with Crippen molar-refractivity contribution in [1.29, 1.82) is 0 Å². The number of halogens is 2. The molecule has 0 N–H and O–H groups in total. The maximum absolute atomic E-state index is 13.5. The number of benzene rings is 2. The number of amides is 2. The Morgan fingerprint density at radius 1 is 1.00 bits per heavy atom. The highest BCUT2D eigenvalue weighted by atomic mass is 79.9. The molecule has 2 heterocycles. The predicted molar refractivity (Wildman–Crippen MR) is 183 cm³/mol. The smallest absolute Gasteiger partial charge is 0.411 e. The molecule has 0 unspecified atom stereocenters. The van der Waals surface area contributed by atoms with Crippen LogP contribution in [0, 0.1) is 0 Å². The molecule has 0 aliphatic carbocycles. The average molecular weight is 751 g/mol. The largest absolute Gasteiger partial charge is 0.465 e. The van der Waals surface area contributed by atoms with Crippen molar-refractivity contribution in [2.45, 2.75) is 53.3 Å². The second kappa shape index (κ2) is 17.3. The van der Waals surface area contributed by atoms with Crippen LogP contribution in [0.25, 0.3) is 11.3 Å². The molecule has 2 aromatic carbocycles. The number of carbonyl (C=O) groups is 4. The van der Waals surface area contributed by atoms with Crippen molar-refractivity contribution in [3.8, 4) is 22.8 Å². The summed E-state index contributed by atoms with van der Waals surface area (Å²) in [5, 5.41) is 0.546. The van der Waals surface area contributed by atoms with Crippen molar-refractivity contribution >= 4 is 52.0 Å². The molecule has 4 rings (SSSR count). The molecule has 1 aliphatic heterocycles. The minimum absolute atomic E-state index is 0.126. The van der Waals surface area contributed by atoms with Gasteiger partial charge in [-0.05, 0) is 85.9 Å². The Morgan fingerprint density at radius 2 is 1.62 bits per heavy atom. The fourth-order valence-electron chi connectivity index (χ4n) is 4.55. The second-order valence-electron chi connectivity index (χ2n) is 11.7. The van der Waals surface area contributed by atoms with Crippen molar-refractivity contribution in [3.63, 3.8) is 0 Å². The van der Waals surface area contributed by atoms with Crippen molar-refractivity contribution in [2.75, 3.05) is 40.6 Å².